The summed E-state index contributed by atoms with van der Waals surface area (Å²) < 4.78 is 10.9. The lowest BCUT2D eigenvalue weighted by Crippen LogP contribution is -2.39. The Bertz CT molecular complexity index is 367. The molecule has 0 bridgehead atoms. The van der Waals surface area contributed by atoms with Gasteiger partial charge in [0.15, 0.2) is 0 Å². The van der Waals surface area contributed by atoms with E-state index in [9.17, 15) is 0 Å². The summed E-state index contributed by atoms with van der Waals surface area (Å²) >= 11 is 0. The highest BCUT2D eigenvalue weighted by molar-refractivity contribution is 5.31. The molecule has 1 fully saturated rings. The molecular weight excluding hydrogens is 240 g/mol. The molecule has 1 saturated heterocycles. The minimum atomic E-state index is 0.585. The SMILES string of the molecule is COc1ccc(OCCN2CCCNCC2C)cc1. The van der Waals surface area contributed by atoms with Crippen molar-refractivity contribution in [3.8, 4) is 11.5 Å². The fraction of sp³-hybridized carbons (Fsp3) is 0.600. The number of ether oxygens (including phenoxy) is 2. The van der Waals surface area contributed by atoms with Crippen LogP contribution in [0.5, 0.6) is 11.5 Å². The number of methoxy groups -OCH3 is 1. The van der Waals surface area contributed by atoms with Crippen LogP contribution in [0.1, 0.15) is 13.3 Å². The fourth-order valence-corrected chi connectivity index (χ4v) is 2.35. The van der Waals surface area contributed by atoms with Crippen LogP contribution in [0, 0.1) is 0 Å². The Morgan fingerprint density at radius 3 is 2.74 bits per heavy atom. The van der Waals surface area contributed by atoms with Gasteiger partial charge in [0, 0.05) is 19.1 Å². The molecule has 1 aliphatic heterocycles. The highest BCUT2D eigenvalue weighted by atomic mass is 16.5. The first kappa shape index (κ1) is 14.2. The maximum absolute atomic E-state index is 5.78. The van der Waals surface area contributed by atoms with Crippen molar-refractivity contribution in [2.75, 3.05) is 39.9 Å². The van der Waals surface area contributed by atoms with Gasteiger partial charge in [-0.2, -0.15) is 0 Å². The molecule has 4 heteroatoms. The van der Waals surface area contributed by atoms with Crippen molar-refractivity contribution in [1.82, 2.24) is 10.2 Å². The first-order chi connectivity index (χ1) is 9.29. The number of hydrogen-bond donors (Lipinski definition) is 1. The molecule has 1 aromatic carbocycles. The van der Waals surface area contributed by atoms with Gasteiger partial charge in [-0.25, -0.2) is 0 Å². The normalized spacial score (nSPS) is 20.8. The summed E-state index contributed by atoms with van der Waals surface area (Å²) in [5.74, 6) is 1.76. The van der Waals surface area contributed by atoms with E-state index in [1.165, 1.54) is 6.42 Å². The number of benzene rings is 1. The maximum atomic E-state index is 5.78. The fourth-order valence-electron chi connectivity index (χ4n) is 2.35. The Morgan fingerprint density at radius 1 is 1.26 bits per heavy atom. The molecule has 0 radical (unpaired) electrons. The van der Waals surface area contributed by atoms with E-state index in [1.807, 2.05) is 24.3 Å². The molecule has 2 rings (SSSR count). The standard InChI is InChI=1S/C15H24N2O2/c1-13-12-16-8-3-9-17(13)10-11-19-15-6-4-14(18-2)5-7-15/h4-7,13,16H,3,8-12H2,1-2H3. The van der Waals surface area contributed by atoms with E-state index in [-0.39, 0.29) is 0 Å². The van der Waals surface area contributed by atoms with Crippen molar-refractivity contribution in [3.63, 3.8) is 0 Å². The van der Waals surface area contributed by atoms with Crippen LogP contribution in [0.25, 0.3) is 0 Å². The number of nitrogens with one attached hydrogen (secondary N) is 1. The van der Waals surface area contributed by atoms with Crippen LogP contribution in [0.3, 0.4) is 0 Å². The Labute approximate surface area is 115 Å². The molecule has 1 unspecified atom stereocenters. The van der Waals surface area contributed by atoms with Crippen LogP contribution in [0.4, 0.5) is 0 Å². The molecule has 1 N–H and O–H groups in total. The predicted molar refractivity (Wildman–Crippen MR) is 77.0 cm³/mol. The quantitative estimate of drug-likeness (QED) is 0.878. The predicted octanol–water partition coefficient (Wildman–Crippen LogP) is 1.76. The Hall–Kier alpha value is -1.26. The molecule has 0 aliphatic carbocycles. The minimum absolute atomic E-state index is 0.585. The number of rotatable bonds is 5. The van der Waals surface area contributed by atoms with Crippen molar-refractivity contribution < 1.29 is 9.47 Å². The van der Waals surface area contributed by atoms with Crippen molar-refractivity contribution in [2.24, 2.45) is 0 Å². The summed E-state index contributed by atoms with van der Waals surface area (Å²) in [7, 11) is 1.67. The second-order valence-electron chi connectivity index (χ2n) is 4.97. The smallest absolute Gasteiger partial charge is 0.119 e. The third kappa shape index (κ3) is 4.40. The topological polar surface area (TPSA) is 33.7 Å². The lowest BCUT2D eigenvalue weighted by molar-refractivity contribution is 0.176. The maximum Gasteiger partial charge on any atom is 0.119 e. The van der Waals surface area contributed by atoms with Crippen molar-refractivity contribution in [3.05, 3.63) is 24.3 Å². The van der Waals surface area contributed by atoms with Gasteiger partial charge >= 0.3 is 0 Å². The molecule has 0 saturated carbocycles. The summed E-state index contributed by atoms with van der Waals surface area (Å²) in [5.41, 5.74) is 0. The molecule has 1 heterocycles. The Balaban J connectivity index is 1.75. The summed E-state index contributed by atoms with van der Waals surface area (Å²) in [5, 5.41) is 3.45. The van der Waals surface area contributed by atoms with Crippen LogP contribution >= 0.6 is 0 Å². The molecule has 4 nitrogen and oxygen atoms in total. The monoisotopic (exact) mass is 264 g/mol. The summed E-state index contributed by atoms with van der Waals surface area (Å²) in [4.78, 5) is 2.49. The lowest BCUT2D eigenvalue weighted by Gasteiger charge is -2.26. The van der Waals surface area contributed by atoms with Gasteiger partial charge in [-0.05, 0) is 50.7 Å². The molecule has 1 aromatic rings. The van der Waals surface area contributed by atoms with Gasteiger partial charge < -0.3 is 14.8 Å². The second kappa shape index (κ2) is 7.36. The molecule has 0 aromatic heterocycles. The highest BCUT2D eigenvalue weighted by Gasteiger charge is 2.15. The van der Waals surface area contributed by atoms with Gasteiger partial charge in [0.2, 0.25) is 0 Å². The highest BCUT2D eigenvalue weighted by Crippen LogP contribution is 2.17. The van der Waals surface area contributed by atoms with E-state index in [1.54, 1.807) is 7.11 Å². The van der Waals surface area contributed by atoms with E-state index < -0.39 is 0 Å². The largest absolute Gasteiger partial charge is 0.497 e. The van der Waals surface area contributed by atoms with E-state index in [0.29, 0.717) is 6.04 Å². The van der Waals surface area contributed by atoms with E-state index >= 15 is 0 Å². The van der Waals surface area contributed by atoms with E-state index in [4.69, 9.17) is 9.47 Å². The van der Waals surface area contributed by atoms with Crippen LogP contribution in [-0.2, 0) is 0 Å². The van der Waals surface area contributed by atoms with Crippen LogP contribution < -0.4 is 14.8 Å². The zero-order valence-corrected chi connectivity index (χ0v) is 11.9. The molecule has 0 spiro atoms. The number of nitrogens with zero attached hydrogens (tertiary/aromatic N) is 1. The molecular formula is C15H24N2O2. The summed E-state index contributed by atoms with van der Waals surface area (Å²) in [6.45, 7) is 7.33. The Kier molecular flexibility index (Phi) is 5.48. The first-order valence-corrected chi connectivity index (χ1v) is 7.01. The van der Waals surface area contributed by atoms with Gasteiger partial charge in [-0.15, -0.1) is 0 Å². The van der Waals surface area contributed by atoms with E-state index in [0.717, 1.165) is 44.3 Å². The van der Waals surface area contributed by atoms with Gasteiger partial charge in [0.05, 0.1) is 7.11 Å². The molecule has 1 atom stereocenters. The zero-order chi connectivity index (χ0) is 13.5. The van der Waals surface area contributed by atoms with Gasteiger partial charge in [0.25, 0.3) is 0 Å². The first-order valence-electron chi connectivity index (χ1n) is 7.01. The minimum Gasteiger partial charge on any atom is -0.497 e. The Morgan fingerprint density at radius 2 is 2.00 bits per heavy atom. The van der Waals surface area contributed by atoms with Crippen LogP contribution in [-0.4, -0.2) is 50.8 Å². The second-order valence-corrected chi connectivity index (χ2v) is 4.97. The van der Waals surface area contributed by atoms with E-state index in [2.05, 4.69) is 17.1 Å². The molecule has 19 heavy (non-hydrogen) atoms. The molecule has 106 valence electrons. The third-order valence-corrected chi connectivity index (χ3v) is 3.57. The summed E-state index contributed by atoms with van der Waals surface area (Å²) in [6.07, 6.45) is 1.22. The van der Waals surface area contributed by atoms with Crippen molar-refractivity contribution >= 4 is 0 Å². The summed E-state index contributed by atoms with van der Waals surface area (Å²) in [6, 6.07) is 8.34. The van der Waals surface area contributed by atoms with Crippen molar-refractivity contribution in [2.45, 2.75) is 19.4 Å². The van der Waals surface area contributed by atoms with Gasteiger partial charge in [0.1, 0.15) is 18.1 Å². The average molecular weight is 264 g/mol. The van der Waals surface area contributed by atoms with Gasteiger partial charge in [-0.1, -0.05) is 0 Å². The van der Waals surface area contributed by atoms with Crippen LogP contribution in [0.15, 0.2) is 24.3 Å². The third-order valence-electron chi connectivity index (χ3n) is 3.57. The van der Waals surface area contributed by atoms with Crippen LogP contribution in [0.2, 0.25) is 0 Å². The molecule has 0 amide bonds. The average Bonchev–Trinajstić information content (AvgIpc) is 2.65. The van der Waals surface area contributed by atoms with Crippen molar-refractivity contribution in [1.29, 1.82) is 0 Å². The lowest BCUT2D eigenvalue weighted by atomic mass is 10.3. The van der Waals surface area contributed by atoms with Gasteiger partial charge in [-0.3, -0.25) is 4.90 Å². The molecule has 1 aliphatic rings. The zero-order valence-electron chi connectivity index (χ0n) is 11.9. The number of hydrogen-bond acceptors (Lipinski definition) is 4.